The normalized spacial score (nSPS) is 24.8. The highest BCUT2D eigenvalue weighted by Crippen LogP contribution is 2.52. The molecule has 0 aromatic heterocycles. The molecule has 0 unspecified atom stereocenters. The van der Waals surface area contributed by atoms with E-state index in [1.54, 1.807) is 14.2 Å². The Hall–Kier alpha value is 1.32. The minimum absolute atomic E-state index is 0.0586. The minimum Gasteiger partial charge on any atom is -0.356 e. The predicted molar refractivity (Wildman–Crippen MR) is 92.6 cm³/mol. The number of methoxy groups -OCH3 is 2. The first-order valence-corrected chi connectivity index (χ1v) is 10.9. The summed E-state index contributed by atoms with van der Waals surface area (Å²) in [5.41, 5.74) is 0. The summed E-state index contributed by atoms with van der Waals surface area (Å²) in [6.07, 6.45) is 4.94. The first-order valence-electron chi connectivity index (χ1n) is 6.85. The van der Waals surface area contributed by atoms with Gasteiger partial charge in [0.15, 0.2) is 6.29 Å². The lowest BCUT2D eigenvalue weighted by Crippen LogP contribution is -2.34. The van der Waals surface area contributed by atoms with Crippen molar-refractivity contribution in [3.05, 3.63) is 0 Å². The Bertz CT molecular complexity index is 249. The van der Waals surface area contributed by atoms with Crippen molar-refractivity contribution in [2.45, 2.75) is 40.6 Å². The summed E-state index contributed by atoms with van der Waals surface area (Å²) in [7, 11) is 3.51. The Morgan fingerprint density at radius 1 is 1.00 bits per heavy atom. The fourth-order valence-corrected chi connectivity index (χ4v) is 9.30. The summed E-state index contributed by atoms with van der Waals surface area (Å²) in [5, 5.41) is 0. The zero-order valence-electron chi connectivity index (χ0n) is 11.8. The van der Waals surface area contributed by atoms with Crippen molar-refractivity contribution in [3.63, 3.8) is 0 Å². The Labute approximate surface area is 134 Å². The topological polar surface area (TPSA) is 18.5 Å². The zero-order valence-corrected chi connectivity index (χ0v) is 15.0. The van der Waals surface area contributed by atoms with Gasteiger partial charge >= 0.3 is 0 Å². The summed E-state index contributed by atoms with van der Waals surface area (Å²) >= 11 is 8.58. The molecule has 2 fully saturated rings. The van der Waals surface area contributed by atoms with Gasteiger partial charge in [-0.3, -0.25) is 0 Å². The Morgan fingerprint density at radius 2 is 1.58 bits per heavy atom. The first-order chi connectivity index (χ1) is 9.28. The zero-order chi connectivity index (χ0) is 13.6. The maximum Gasteiger partial charge on any atom is 0.158 e. The second-order valence-corrected chi connectivity index (χ2v) is 10.9. The molecule has 2 aliphatic rings. The standard InChI is InChI=1S/C13H24O2S4/c1-14-11(15-2)9-13(18-7-4-8-19-13)10-12-16-5-3-6-17-12/h11-12H,3-10H2,1-2H3. The van der Waals surface area contributed by atoms with E-state index in [0.29, 0.717) is 4.08 Å². The van der Waals surface area contributed by atoms with E-state index in [2.05, 4.69) is 47.0 Å². The maximum absolute atomic E-state index is 5.45. The van der Waals surface area contributed by atoms with Crippen molar-refractivity contribution < 1.29 is 9.47 Å². The van der Waals surface area contributed by atoms with Crippen molar-refractivity contribution in [1.29, 1.82) is 0 Å². The molecule has 19 heavy (non-hydrogen) atoms. The molecule has 0 spiro atoms. The van der Waals surface area contributed by atoms with Crippen LogP contribution in [0.4, 0.5) is 0 Å². The molecule has 0 radical (unpaired) electrons. The highest BCUT2D eigenvalue weighted by molar-refractivity contribution is 8.19. The Morgan fingerprint density at radius 3 is 2.16 bits per heavy atom. The van der Waals surface area contributed by atoms with Gasteiger partial charge in [0.05, 0.1) is 8.66 Å². The van der Waals surface area contributed by atoms with Gasteiger partial charge in [0, 0.05) is 20.6 Å². The molecule has 0 bridgehead atoms. The number of hydrogen-bond acceptors (Lipinski definition) is 6. The van der Waals surface area contributed by atoms with Crippen LogP contribution < -0.4 is 0 Å². The van der Waals surface area contributed by atoms with Crippen LogP contribution in [0.3, 0.4) is 0 Å². The number of rotatable bonds is 6. The molecule has 0 saturated carbocycles. The van der Waals surface area contributed by atoms with Gasteiger partial charge < -0.3 is 9.47 Å². The average Bonchev–Trinajstić information content (AvgIpc) is 2.47. The van der Waals surface area contributed by atoms with E-state index in [1.807, 2.05) is 0 Å². The monoisotopic (exact) mass is 340 g/mol. The first kappa shape index (κ1) is 16.7. The summed E-state index contributed by atoms with van der Waals surface area (Å²) in [6, 6.07) is 0. The van der Waals surface area contributed by atoms with Crippen molar-refractivity contribution >= 4 is 47.0 Å². The van der Waals surface area contributed by atoms with E-state index in [0.717, 1.165) is 11.0 Å². The molecular formula is C13H24O2S4. The lowest BCUT2D eigenvalue weighted by molar-refractivity contribution is -0.107. The maximum atomic E-state index is 5.45. The van der Waals surface area contributed by atoms with Crippen molar-refractivity contribution in [2.75, 3.05) is 37.2 Å². The predicted octanol–water partition coefficient (Wildman–Crippen LogP) is 4.15. The van der Waals surface area contributed by atoms with E-state index in [1.165, 1.54) is 42.3 Å². The van der Waals surface area contributed by atoms with E-state index < -0.39 is 0 Å². The third-order valence-electron chi connectivity index (χ3n) is 3.40. The number of thioether (sulfide) groups is 4. The molecule has 2 nitrogen and oxygen atoms in total. The van der Waals surface area contributed by atoms with Gasteiger partial charge in [-0.25, -0.2) is 0 Å². The van der Waals surface area contributed by atoms with Gasteiger partial charge in [-0.15, -0.1) is 47.0 Å². The molecule has 6 heteroatoms. The second-order valence-electron chi connectivity index (χ2n) is 4.80. The average molecular weight is 341 g/mol. The molecule has 0 aromatic rings. The quantitative estimate of drug-likeness (QED) is 0.671. The van der Waals surface area contributed by atoms with Crippen LogP contribution >= 0.6 is 47.0 Å². The van der Waals surface area contributed by atoms with Gasteiger partial charge in [0.1, 0.15) is 0 Å². The Kier molecular flexibility index (Phi) is 7.63. The molecule has 2 rings (SSSR count). The van der Waals surface area contributed by atoms with Crippen LogP contribution in [0.15, 0.2) is 0 Å². The second kappa shape index (κ2) is 8.69. The van der Waals surface area contributed by atoms with Crippen LogP contribution in [-0.2, 0) is 9.47 Å². The van der Waals surface area contributed by atoms with Gasteiger partial charge in [0.2, 0.25) is 0 Å². The molecule has 0 amide bonds. The van der Waals surface area contributed by atoms with Gasteiger partial charge in [-0.05, 0) is 42.3 Å². The highest BCUT2D eigenvalue weighted by atomic mass is 32.2. The van der Waals surface area contributed by atoms with Crippen LogP contribution in [-0.4, -0.2) is 52.2 Å². The van der Waals surface area contributed by atoms with Crippen molar-refractivity contribution in [3.8, 4) is 0 Å². The third kappa shape index (κ3) is 5.22. The minimum atomic E-state index is -0.0586. The number of ether oxygens (including phenoxy) is 2. The van der Waals surface area contributed by atoms with E-state index in [4.69, 9.17) is 9.47 Å². The molecule has 112 valence electrons. The molecule has 2 aliphatic heterocycles. The summed E-state index contributed by atoms with van der Waals surface area (Å²) in [6.45, 7) is 0. The van der Waals surface area contributed by atoms with Crippen molar-refractivity contribution in [2.24, 2.45) is 0 Å². The van der Waals surface area contributed by atoms with E-state index in [9.17, 15) is 0 Å². The van der Waals surface area contributed by atoms with Crippen LogP contribution in [0.5, 0.6) is 0 Å². The molecule has 0 atom stereocenters. The third-order valence-corrected chi connectivity index (χ3v) is 9.75. The van der Waals surface area contributed by atoms with Crippen LogP contribution in [0.25, 0.3) is 0 Å². The SMILES string of the molecule is COC(CC1(CC2SCCCS2)SCCCS1)OC. The number of hydrogen-bond donors (Lipinski definition) is 0. The highest BCUT2D eigenvalue weighted by Gasteiger charge is 2.39. The summed E-state index contributed by atoms with van der Waals surface area (Å²) in [5.74, 6) is 5.24. The largest absolute Gasteiger partial charge is 0.356 e. The Balaban J connectivity index is 1.96. The summed E-state index contributed by atoms with van der Waals surface area (Å²) < 4.78 is 12.0. The molecule has 0 N–H and O–H groups in total. The van der Waals surface area contributed by atoms with Gasteiger partial charge in [-0.1, -0.05) is 0 Å². The van der Waals surface area contributed by atoms with Crippen molar-refractivity contribution in [1.82, 2.24) is 0 Å². The van der Waals surface area contributed by atoms with Crippen LogP contribution in [0, 0.1) is 0 Å². The molecule has 0 aliphatic carbocycles. The lowest BCUT2D eigenvalue weighted by Gasteiger charge is -2.40. The van der Waals surface area contributed by atoms with Crippen LogP contribution in [0.2, 0.25) is 0 Å². The van der Waals surface area contributed by atoms with Crippen LogP contribution in [0.1, 0.15) is 25.7 Å². The van der Waals surface area contributed by atoms with E-state index in [-0.39, 0.29) is 6.29 Å². The van der Waals surface area contributed by atoms with Gasteiger partial charge in [-0.2, -0.15) is 0 Å². The summed E-state index contributed by atoms with van der Waals surface area (Å²) in [4.78, 5) is 0. The molecule has 0 aromatic carbocycles. The lowest BCUT2D eigenvalue weighted by atomic mass is 10.2. The smallest absolute Gasteiger partial charge is 0.158 e. The molecule has 2 heterocycles. The molecule has 2 saturated heterocycles. The van der Waals surface area contributed by atoms with E-state index >= 15 is 0 Å². The molecular weight excluding hydrogens is 316 g/mol. The fourth-order valence-electron chi connectivity index (χ4n) is 2.36. The fraction of sp³-hybridized carbons (Fsp3) is 1.00. The van der Waals surface area contributed by atoms with Gasteiger partial charge in [0.25, 0.3) is 0 Å².